The first-order valence-corrected chi connectivity index (χ1v) is 13.1. The van der Waals surface area contributed by atoms with Crippen molar-refractivity contribution in [1.82, 2.24) is 20.1 Å². The second-order valence-corrected chi connectivity index (χ2v) is 10.0. The highest BCUT2D eigenvalue weighted by Crippen LogP contribution is 2.27. The maximum absolute atomic E-state index is 12.5. The van der Waals surface area contributed by atoms with E-state index in [1.807, 2.05) is 68.7 Å². The van der Waals surface area contributed by atoms with Crippen molar-refractivity contribution in [2.45, 2.75) is 65.7 Å². The zero-order valence-corrected chi connectivity index (χ0v) is 22.7. The SMILES string of the molecule is CCn1c(CNC(=O)COc2cc(C)ccc2C(C)C)nnc1SCC(=O)Nc1ccc(C)cc1C. The van der Waals surface area contributed by atoms with Crippen molar-refractivity contribution in [3.63, 3.8) is 0 Å². The van der Waals surface area contributed by atoms with Gasteiger partial charge in [0.15, 0.2) is 17.6 Å². The van der Waals surface area contributed by atoms with Gasteiger partial charge in [-0.15, -0.1) is 10.2 Å². The smallest absolute Gasteiger partial charge is 0.258 e. The van der Waals surface area contributed by atoms with E-state index in [2.05, 4.69) is 34.7 Å². The Hall–Kier alpha value is -3.33. The number of aromatic nitrogens is 3. The molecule has 1 heterocycles. The Morgan fingerprint density at radius 3 is 2.44 bits per heavy atom. The average Bonchev–Trinajstić information content (AvgIpc) is 3.23. The summed E-state index contributed by atoms with van der Waals surface area (Å²) >= 11 is 1.32. The summed E-state index contributed by atoms with van der Waals surface area (Å²) in [5, 5.41) is 14.9. The zero-order valence-electron chi connectivity index (χ0n) is 21.8. The van der Waals surface area contributed by atoms with Gasteiger partial charge in [0.1, 0.15) is 5.75 Å². The van der Waals surface area contributed by atoms with Gasteiger partial charge in [-0.1, -0.05) is 55.4 Å². The highest BCUT2D eigenvalue weighted by atomic mass is 32.2. The number of nitrogens with one attached hydrogen (secondary N) is 2. The topological polar surface area (TPSA) is 98.1 Å². The maximum Gasteiger partial charge on any atom is 0.258 e. The number of anilines is 1. The number of carbonyl (C=O) groups excluding carboxylic acids is 2. The van der Waals surface area contributed by atoms with Gasteiger partial charge in [0.25, 0.3) is 5.91 Å². The van der Waals surface area contributed by atoms with Crippen molar-refractivity contribution in [2.75, 3.05) is 17.7 Å². The van der Waals surface area contributed by atoms with Gasteiger partial charge >= 0.3 is 0 Å². The quantitative estimate of drug-likeness (QED) is 0.361. The number of nitrogens with zero attached hydrogens (tertiary/aromatic N) is 3. The molecule has 2 N–H and O–H groups in total. The lowest BCUT2D eigenvalue weighted by molar-refractivity contribution is -0.123. The van der Waals surface area contributed by atoms with Crippen LogP contribution in [-0.2, 0) is 22.7 Å². The number of carbonyl (C=O) groups is 2. The number of hydrogen-bond donors (Lipinski definition) is 2. The summed E-state index contributed by atoms with van der Waals surface area (Å²) in [6.07, 6.45) is 0. The van der Waals surface area contributed by atoms with Crippen LogP contribution < -0.4 is 15.4 Å². The van der Waals surface area contributed by atoms with E-state index >= 15 is 0 Å². The molecule has 0 fully saturated rings. The van der Waals surface area contributed by atoms with Gasteiger partial charge in [0.2, 0.25) is 5.91 Å². The summed E-state index contributed by atoms with van der Waals surface area (Å²) in [7, 11) is 0. The highest BCUT2D eigenvalue weighted by molar-refractivity contribution is 7.99. The average molecular weight is 510 g/mol. The standard InChI is InChI=1S/C27H35N5O3S/c1-7-32-24(14-28-25(33)15-35-23-13-19(5)8-10-21(23)17(2)3)30-31-27(32)36-16-26(34)29-22-11-9-18(4)12-20(22)6/h8-13,17H,7,14-16H2,1-6H3,(H,28,33)(H,29,34). The fourth-order valence-corrected chi connectivity index (χ4v) is 4.58. The van der Waals surface area contributed by atoms with Crippen LogP contribution in [0.5, 0.6) is 5.75 Å². The van der Waals surface area contributed by atoms with E-state index in [-0.39, 0.29) is 30.7 Å². The Labute approximate surface area is 217 Å². The number of thioether (sulfide) groups is 1. The molecule has 0 aliphatic carbocycles. The van der Waals surface area contributed by atoms with Crippen LogP contribution in [0.4, 0.5) is 5.69 Å². The third kappa shape index (κ3) is 7.34. The minimum atomic E-state index is -0.237. The first-order valence-electron chi connectivity index (χ1n) is 12.1. The molecule has 0 bridgehead atoms. The molecule has 0 saturated heterocycles. The van der Waals surface area contributed by atoms with Gasteiger partial charge in [-0.05, 0) is 62.4 Å². The third-order valence-electron chi connectivity index (χ3n) is 5.69. The molecule has 0 radical (unpaired) electrons. The molecular weight excluding hydrogens is 474 g/mol. The minimum Gasteiger partial charge on any atom is -0.483 e. The number of ether oxygens (including phenoxy) is 1. The van der Waals surface area contributed by atoms with Crippen LogP contribution in [0.2, 0.25) is 0 Å². The van der Waals surface area contributed by atoms with E-state index in [4.69, 9.17) is 4.74 Å². The number of aryl methyl sites for hydroxylation is 3. The number of benzene rings is 2. The normalized spacial score (nSPS) is 11.0. The Morgan fingerprint density at radius 2 is 1.75 bits per heavy atom. The van der Waals surface area contributed by atoms with Crippen LogP contribution in [0.15, 0.2) is 41.6 Å². The van der Waals surface area contributed by atoms with E-state index in [0.717, 1.165) is 33.7 Å². The van der Waals surface area contributed by atoms with Crippen molar-refractivity contribution in [2.24, 2.45) is 0 Å². The lowest BCUT2D eigenvalue weighted by Crippen LogP contribution is -2.29. The molecule has 0 spiro atoms. The lowest BCUT2D eigenvalue weighted by Gasteiger charge is -2.15. The van der Waals surface area contributed by atoms with Crippen molar-refractivity contribution in [1.29, 1.82) is 0 Å². The number of hydrogen-bond acceptors (Lipinski definition) is 6. The highest BCUT2D eigenvalue weighted by Gasteiger charge is 2.15. The van der Waals surface area contributed by atoms with Gasteiger partial charge in [-0.3, -0.25) is 9.59 Å². The monoisotopic (exact) mass is 509 g/mol. The molecule has 0 unspecified atom stereocenters. The summed E-state index contributed by atoms with van der Waals surface area (Å²) < 4.78 is 7.71. The Bertz CT molecular complexity index is 1220. The number of amides is 2. The second kappa shape index (κ2) is 12.6. The second-order valence-electron chi connectivity index (χ2n) is 9.06. The summed E-state index contributed by atoms with van der Waals surface area (Å²) in [4.78, 5) is 24.9. The fraction of sp³-hybridized carbons (Fsp3) is 0.407. The summed E-state index contributed by atoms with van der Waals surface area (Å²) in [5.74, 6) is 1.52. The van der Waals surface area contributed by atoms with Gasteiger partial charge < -0.3 is 19.9 Å². The van der Waals surface area contributed by atoms with Crippen LogP contribution in [0.1, 0.15) is 54.8 Å². The first-order chi connectivity index (χ1) is 17.2. The van der Waals surface area contributed by atoms with Gasteiger partial charge in [-0.25, -0.2) is 0 Å². The van der Waals surface area contributed by atoms with Gasteiger partial charge in [0, 0.05) is 12.2 Å². The van der Waals surface area contributed by atoms with E-state index in [1.54, 1.807) is 0 Å². The zero-order chi connectivity index (χ0) is 26.2. The molecule has 0 aliphatic heterocycles. The van der Waals surface area contributed by atoms with Crippen LogP contribution in [-0.4, -0.2) is 38.9 Å². The number of rotatable bonds is 11. The summed E-state index contributed by atoms with van der Waals surface area (Å²) in [5.41, 5.74) is 5.13. The Kier molecular flexibility index (Phi) is 9.52. The molecule has 2 amide bonds. The van der Waals surface area contributed by atoms with Crippen LogP contribution in [0.25, 0.3) is 0 Å². The largest absolute Gasteiger partial charge is 0.483 e. The maximum atomic E-state index is 12.5. The van der Waals surface area contributed by atoms with Crippen LogP contribution in [0.3, 0.4) is 0 Å². The summed E-state index contributed by atoms with van der Waals surface area (Å²) in [6, 6.07) is 12.0. The minimum absolute atomic E-state index is 0.0797. The Balaban J connectivity index is 1.52. The van der Waals surface area contributed by atoms with Crippen molar-refractivity contribution >= 4 is 29.3 Å². The molecule has 192 valence electrons. The molecule has 0 atom stereocenters. The van der Waals surface area contributed by atoms with E-state index < -0.39 is 0 Å². The van der Waals surface area contributed by atoms with Crippen molar-refractivity contribution in [3.05, 3.63) is 64.5 Å². The van der Waals surface area contributed by atoms with E-state index in [1.165, 1.54) is 11.8 Å². The summed E-state index contributed by atoms with van der Waals surface area (Å²) in [6.45, 7) is 12.9. The molecule has 36 heavy (non-hydrogen) atoms. The van der Waals surface area contributed by atoms with Crippen molar-refractivity contribution in [3.8, 4) is 5.75 Å². The molecule has 0 aliphatic rings. The molecule has 3 aromatic rings. The molecular formula is C27H35N5O3S. The van der Waals surface area contributed by atoms with E-state index in [0.29, 0.717) is 23.4 Å². The first kappa shape index (κ1) is 27.3. The molecule has 2 aromatic carbocycles. The fourth-order valence-electron chi connectivity index (χ4n) is 3.76. The third-order valence-corrected chi connectivity index (χ3v) is 6.66. The molecule has 9 heteroatoms. The lowest BCUT2D eigenvalue weighted by atomic mass is 10.0. The van der Waals surface area contributed by atoms with Gasteiger partial charge in [-0.2, -0.15) is 0 Å². The van der Waals surface area contributed by atoms with Crippen LogP contribution in [0, 0.1) is 20.8 Å². The van der Waals surface area contributed by atoms with Crippen LogP contribution >= 0.6 is 11.8 Å². The molecule has 3 rings (SSSR count). The Morgan fingerprint density at radius 1 is 1.03 bits per heavy atom. The molecule has 0 saturated carbocycles. The van der Waals surface area contributed by atoms with E-state index in [9.17, 15) is 9.59 Å². The van der Waals surface area contributed by atoms with Crippen molar-refractivity contribution < 1.29 is 14.3 Å². The molecule has 1 aromatic heterocycles. The predicted molar refractivity (Wildman–Crippen MR) is 144 cm³/mol. The predicted octanol–water partition coefficient (Wildman–Crippen LogP) is 4.77. The molecule has 8 nitrogen and oxygen atoms in total. The van der Waals surface area contributed by atoms with Gasteiger partial charge in [0.05, 0.1) is 12.3 Å².